The third kappa shape index (κ3) is 7.55. The van der Waals surface area contributed by atoms with Crippen molar-refractivity contribution in [1.82, 2.24) is 10.2 Å². The normalized spacial score (nSPS) is 12.8. The smallest absolute Gasteiger partial charge is 0.264 e. The largest absolute Gasteiger partial charge is 0.495 e. The van der Waals surface area contributed by atoms with Crippen molar-refractivity contribution < 1.29 is 22.7 Å². The van der Waals surface area contributed by atoms with Crippen LogP contribution in [0.15, 0.2) is 77.7 Å². The van der Waals surface area contributed by atoms with Gasteiger partial charge in [-0.25, -0.2) is 8.42 Å². The van der Waals surface area contributed by atoms with E-state index in [1.807, 2.05) is 45.0 Å². The number of nitrogens with zero attached hydrogens (tertiary/aromatic N) is 2. The molecule has 3 aromatic carbocycles. The van der Waals surface area contributed by atoms with E-state index in [1.54, 1.807) is 31.2 Å². The Balaban J connectivity index is 2.05. The van der Waals surface area contributed by atoms with Gasteiger partial charge >= 0.3 is 0 Å². The van der Waals surface area contributed by atoms with E-state index in [0.717, 1.165) is 21.9 Å². The summed E-state index contributed by atoms with van der Waals surface area (Å²) in [5.74, 6) is -0.495. The molecule has 214 valence electrons. The molecule has 3 rings (SSSR count). The Morgan fingerprint density at radius 3 is 2.30 bits per heavy atom. The van der Waals surface area contributed by atoms with Crippen LogP contribution in [0.1, 0.15) is 38.3 Å². The molecule has 0 unspecified atom stereocenters. The molecule has 0 radical (unpaired) electrons. The molecule has 0 saturated carbocycles. The Hall–Kier alpha value is -3.56. The average Bonchev–Trinajstić information content (AvgIpc) is 2.94. The minimum Gasteiger partial charge on any atom is -0.495 e. The molecular weight excluding hydrogens is 550 g/mol. The van der Waals surface area contributed by atoms with Crippen molar-refractivity contribution in [3.63, 3.8) is 0 Å². The number of nitrogens with one attached hydrogen (secondary N) is 1. The fourth-order valence-corrected chi connectivity index (χ4v) is 5.79. The number of carbonyl (C=O) groups is 2. The maximum atomic E-state index is 14.0. The Labute approximate surface area is 241 Å². The molecule has 40 heavy (non-hydrogen) atoms. The lowest BCUT2D eigenvalue weighted by Gasteiger charge is -2.32. The zero-order chi connectivity index (χ0) is 29.4. The van der Waals surface area contributed by atoms with Crippen LogP contribution >= 0.6 is 11.6 Å². The second kappa shape index (κ2) is 13.7. The number of hydrogen-bond acceptors (Lipinski definition) is 5. The van der Waals surface area contributed by atoms with E-state index in [9.17, 15) is 18.0 Å². The van der Waals surface area contributed by atoms with Crippen LogP contribution in [-0.4, -0.2) is 50.9 Å². The Morgan fingerprint density at radius 1 is 1.00 bits per heavy atom. The zero-order valence-electron chi connectivity index (χ0n) is 23.4. The first kappa shape index (κ1) is 31.0. The van der Waals surface area contributed by atoms with E-state index in [0.29, 0.717) is 5.75 Å². The molecule has 0 heterocycles. The van der Waals surface area contributed by atoms with Crippen LogP contribution in [0, 0.1) is 6.92 Å². The number of sulfonamides is 1. The molecular formula is C30H36ClN3O5S. The number of benzene rings is 3. The third-order valence-electron chi connectivity index (χ3n) is 6.64. The van der Waals surface area contributed by atoms with Crippen LogP contribution < -0.4 is 14.4 Å². The van der Waals surface area contributed by atoms with E-state index in [2.05, 4.69) is 5.32 Å². The highest BCUT2D eigenvalue weighted by Gasteiger charge is 2.33. The lowest BCUT2D eigenvalue weighted by molar-refractivity contribution is -0.139. The summed E-state index contributed by atoms with van der Waals surface area (Å²) in [5.41, 5.74) is 2.01. The molecule has 0 aliphatic rings. The van der Waals surface area contributed by atoms with Gasteiger partial charge in [-0.3, -0.25) is 13.9 Å². The van der Waals surface area contributed by atoms with E-state index < -0.39 is 28.5 Å². The molecule has 0 fully saturated rings. The number of halogens is 1. The van der Waals surface area contributed by atoms with Crippen molar-refractivity contribution in [3.05, 3.63) is 88.9 Å². The van der Waals surface area contributed by atoms with Gasteiger partial charge in [-0.1, -0.05) is 66.6 Å². The molecule has 8 nitrogen and oxygen atoms in total. The van der Waals surface area contributed by atoms with E-state index in [-0.39, 0.29) is 34.1 Å². The Morgan fingerprint density at radius 2 is 1.70 bits per heavy atom. The highest BCUT2D eigenvalue weighted by Crippen LogP contribution is 2.32. The number of methoxy groups -OCH3 is 1. The first-order valence-electron chi connectivity index (χ1n) is 13.0. The quantitative estimate of drug-likeness (QED) is 0.316. The summed E-state index contributed by atoms with van der Waals surface area (Å²) in [7, 11) is -2.73. The lowest BCUT2D eigenvalue weighted by atomic mass is 10.1. The SMILES string of the molecule is CC[C@H](C)NC(=O)[C@@H](C)N(Cc1cccc(C)c1)C(=O)CN(c1ccc(OC)c(Cl)c1)S(=O)(=O)c1ccccc1. The molecule has 10 heteroatoms. The van der Waals surface area contributed by atoms with Gasteiger partial charge in [-0.15, -0.1) is 0 Å². The summed E-state index contributed by atoms with van der Waals surface area (Å²) in [6, 6.07) is 19.1. The minimum atomic E-state index is -4.18. The molecule has 0 saturated heterocycles. The van der Waals surface area contributed by atoms with Crippen LogP contribution in [0.4, 0.5) is 5.69 Å². The summed E-state index contributed by atoms with van der Waals surface area (Å²) in [6.07, 6.45) is 0.728. The number of ether oxygens (including phenoxy) is 1. The summed E-state index contributed by atoms with van der Waals surface area (Å²) in [5, 5.41) is 3.12. The van der Waals surface area contributed by atoms with Crippen LogP contribution in [0.25, 0.3) is 0 Å². The molecule has 0 bridgehead atoms. The van der Waals surface area contributed by atoms with Crippen molar-refractivity contribution in [2.45, 2.75) is 57.6 Å². The second-order valence-corrected chi connectivity index (χ2v) is 11.9. The molecule has 2 atom stereocenters. The molecule has 0 spiro atoms. The van der Waals surface area contributed by atoms with Crippen molar-refractivity contribution in [1.29, 1.82) is 0 Å². The van der Waals surface area contributed by atoms with Gasteiger partial charge in [-0.05, 0) is 63.1 Å². The summed E-state index contributed by atoms with van der Waals surface area (Å²) in [6.45, 7) is 7.00. The number of carbonyl (C=O) groups excluding carboxylic acids is 2. The van der Waals surface area contributed by atoms with Crippen LogP contribution in [0.5, 0.6) is 5.75 Å². The molecule has 0 aliphatic carbocycles. The molecule has 0 aliphatic heterocycles. The monoisotopic (exact) mass is 585 g/mol. The molecule has 0 aromatic heterocycles. The second-order valence-electron chi connectivity index (χ2n) is 9.65. The molecule has 3 aromatic rings. The van der Waals surface area contributed by atoms with Gasteiger partial charge in [0.2, 0.25) is 11.8 Å². The van der Waals surface area contributed by atoms with E-state index in [4.69, 9.17) is 16.3 Å². The highest BCUT2D eigenvalue weighted by atomic mass is 35.5. The predicted octanol–water partition coefficient (Wildman–Crippen LogP) is 5.18. The van der Waals surface area contributed by atoms with Gasteiger partial charge < -0.3 is 15.0 Å². The maximum absolute atomic E-state index is 14.0. The minimum absolute atomic E-state index is 0.0162. The van der Waals surface area contributed by atoms with E-state index >= 15 is 0 Å². The Bertz CT molecular complexity index is 1430. The number of aryl methyl sites for hydroxylation is 1. The number of anilines is 1. The predicted molar refractivity (Wildman–Crippen MR) is 158 cm³/mol. The van der Waals surface area contributed by atoms with Crippen LogP contribution in [0.3, 0.4) is 0 Å². The maximum Gasteiger partial charge on any atom is 0.264 e. The lowest BCUT2D eigenvalue weighted by Crippen LogP contribution is -2.52. The first-order chi connectivity index (χ1) is 19.0. The average molecular weight is 586 g/mol. The topological polar surface area (TPSA) is 96.0 Å². The van der Waals surface area contributed by atoms with Gasteiger partial charge in [0.1, 0.15) is 18.3 Å². The van der Waals surface area contributed by atoms with Gasteiger partial charge in [0.05, 0.1) is 22.7 Å². The summed E-state index contributed by atoms with van der Waals surface area (Å²) >= 11 is 6.35. The number of rotatable bonds is 12. The van der Waals surface area contributed by atoms with Gasteiger partial charge in [0.15, 0.2) is 0 Å². The van der Waals surface area contributed by atoms with Crippen LogP contribution in [0.2, 0.25) is 5.02 Å². The molecule has 1 N–H and O–H groups in total. The highest BCUT2D eigenvalue weighted by molar-refractivity contribution is 7.92. The fourth-order valence-electron chi connectivity index (χ4n) is 4.11. The van der Waals surface area contributed by atoms with Crippen molar-refractivity contribution in [2.24, 2.45) is 0 Å². The standard InChI is InChI=1S/C30H36ClN3O5S/c1-6-22(3)32-30(36)23(4)33(19-24-12-10-11-21(2)17-24)29(35)20-34(25-15-16-28(39-5)27(31)18-25)40(37,38)26-13-8-7-9-14-26/h7-18,22-23H,6,19-20H2,1-5H3,(H,32,36)/t22-,23+/m0/s1. The van der Waals surface area contributed by atoms with Gasteiger partial charge in [-0.2, -0.15) is 0 Å². The number of hydrogen-bond donors (Lipinski definition) is 1. The van der Waals surface area contributed by atoms with Gasteiger partial charge in [0.25, 0.3) is 10.0 Å². The fraction of sp³-hybridized carbons (Fsp3) is 0.333. The summed E-state index contributed by atoms with van der Waals surface area (Å²) < 4.78 is 33.9. The van der Waals surface area contributed by atoms with Crippen LogP contribution in [-0.2, 0) is 26.2 Å². The van der Waals surface area contributed by atoms with Crippen molar-refractivity contribution in [3.8, 4) is 5.75 Å². The van der Waals surface area contributed by atoms with Gasteiger partial charge in [0, 0.05) is 12.6 Å². The number of amides is 2. The van der Waals surface area contributed by atoms with Crippen molar-refractivity contribution in [2.75, 3.05) is 18.0 Å². The van der Waals surface area contributed by atoms with Crippen molar-refractivity contribution >= 4 is 39.1 Å². The summed E-state index contributed by atoms with van der Waals surface area (Å²) in [4.78, 5) is 28.5. The first-order valence-corrected chi connectivity index (χ1v) is 14.9. The third-order valence-corrected chi connectivity index (χ3v) is 8.72. The van der Waals surface area contributed by atoms with E-state index in [1.165, 1.54) is 36.3 Å². The molecule has 2 amide bonds. The zero-order valence-corrected chi connectivity index (χ0v) is 25.0. The Kier molecular flexibility index (Phi) is 10.6.